The largest absolute Gasteiger partial charge is 0.331 e. The first-order valence-electron chi connectivity index (χ1n) is 3.27. The number of rotatable bonds is 2. The van der Waals surface area contributed by atoms with Crippen LogP contribution in [-0.2, 0) is 0 Å². The summed E-state index contributed by atoms with van der Waals surface area (Å²) in [5.74, 6) is 0. The first kappa shape index (κ1) is 9.23. The van der Waals surface area contributed by atoms with E-state index in [2.05, 4.69) is 5.43 Å². The average molecular weight is 145 g/mol. The lowest BCUT2D eigenvalue weighted by Gasteiger charge is -2.18. The molecule has 0 saturated heterocycles. The van der Waals surface area contributed by atoms with E-state index in [4.69, 9.17) is 0 Å². The molecule has 0 radical (unpaired) electrons. The second kappa shape index (κ2) is 4.11. The molecule has 0 bridgehead atoms. The minimum Gasteiger partial charge on any atom is -0.330 e. The van der Waals surface area contributed by atoms with E-state index in [-0.39, 0.29) is 6.03 Å². The van der Waals surface area contributed by atoms with Crippen LogP contribution in [0.4, 0.5) is 4.79 Å². The van der Waals surface area contributed by atoms with Crippen LogP contribution < -0.4 is 5.43 Å². The van der Waals surface area contributed by atoms with Crippen LogP contribution in [0, 0.1) is 0 Å². The van der Waals surface area contributed by atoms with Gasteiger partial charge in [-0.1, -0.05) is 6.92 Å². The molecule has 0 aliphatic heterocycles. The Kier molecular flexibility index (Phi) is 3.79. The van der Waals surface area contributed by atoms with E-state index in [0.717, 1.165) is 6.54 Å². The van der Waals surface area contributed by atoms with Gasteiger partial charge in [-0.05, 0) is 0 Å². The summed E-state index contributed by atoms with van der Waals surface area (Å²) in [5.41, 5.74) is 2.65. The first-order valence-corrected chi connectivity index (χ1v) is 3.27. The van der Waals surface area contributed by atoms with Crippen molar-refractivity contribution in [3.8, 4) is 0 Å². The zero-order valence-corrected chi connectivity index (χ0v) is 7.01. The van der Waals surface area contributed by atoms with E-state index < -0.39 is 0 Å². The zero-order chi connectivity index (χ0) is 8.15. The standard InChI is InChI=1S/C6H15N3O/c1-5-9(4)7-6(10)8(2)3/h5H2,1-4H3,(H,7,10). The van der Waals surface area contributed by atoms with Crippen LogP contribution in [-0.4, -0.2) is 43.6 Å². The van der Waals surface area contributed by atoms with Crippen LogP contribution in [0.25, 0.3) is 0 Å². The predicted octanol–water partition coefficient (Wildman–Crippen LogP) is 0.124. The van der Waals surface area contributed by atoms with E-state index in [1.165, 1.54) is 4.90 Å². The molecule has 0 saturated carbocycles. The summed E-state index contributed by atoms with van der Waals surface area (Å²) in [7, 11) is 5.24. The lowest BCUT2D eigenvalue weighted by atomic mass is 10.7. The van der Waals surface area contributed by atoms with Gasteiger partial charge in [0.2, 0.25) is 0 Å². The predicted molar refractivity (Wildman–Crippen MR) is 40.5 cm³/mol. The second-order valence-corrected chi connectivity index (χ2v) is 2.33. The van der Waals surface area contributed by atoms with Crippen molar-refractivity contribution in [2.24, 2.45) is 0 Å². The summed E-state index contributed by atoms with van der Waals surface area (Å²) in [6.45, 7) is 2.77. The highest BCUT2D eigenvalue weighted by molar-refractivity contribution is 5.72. The van der Waals surface area contributed by atoms with Crippen molar-refractivity contribution in [2.75, 3.05) is 27.7 Å². The zero-order valence-electron chi connectivity index (χ0n) is 7.01. The molecule has 0 rings (SSSR count). The summed E-state index contributed by atoms with van der Waals surface area (Å²) in [6.07, 6.45) is 0. The molecular weight excluding hydrogens is 130 g/mol. The summed E-state index contributed by atoms with van der Waals surface area (Å²) in [5, 5.41) is 1.72. The van der Waals surface area contributed by atoms with Crippen molar-refractivity contribution < 1.29 is 4.79 Å². The molecule has 0 spiro atoms. The van der Waals surface area contributed by atoms with Crippen LogP contribution in [0.2, 0.25) is 0 Å². The molecule has 1 N–H and O–H groups in total. The van der Waals surface area contributed by atoms with Crippen LogP contribution in [0.15, 0.2) is 0 Å². The third kappa shape index (κ3) is 3.29. The Morgan fingerprint density at radius 2 is 1.90 bits per heavy atom. The summed E-state index contributed by atoms with van der Waals surface area (Å²) < 4.78 is 0. The van der Waals surface area contributed by atoms with Crippen LogP contribution in [0.5, 0.6) is 0 Å². The molecule has 0 fully saturated rings. The Morgan fingerprint density at radius 1 is 1.40 bits per heavy atom. The SMILES string of the molecule is CCN(C)NC(=O)N(C)C. The molecule has 0 unspecified atom stereocenters. The topological polar surface area (TPSA) is 35.6 Å². The first-order chi connectivity index (χ1) is 4.57. The van der Waals surface area contributed by atoms with Crippen LogP contribution in [0.1, 0.15) is 6.92 Å². The molecule has 60 valence electrons. The molecule has 4 heteroatoms. The van der Waals surface area contributed by atoms with E-state index >= 15 is 0 Å². The highest BCUT2D eigenvalue weighted by Gasteiger charge is 2.02. The third-order valence-corrected chi connectivity index (χ3v) is 1.17. The number of hydrazine groups is 1. The number of carbonyl (C=O) groups excluding carboxylic acids is 1. The molecule has 0 aromatic heterocycles. The minimum absolute atomic E-state index is 0.0932. The van der Waals surface area contributed by atoms with Gasteiger partial charge in [-0.2, -0.15) is 0 Å². The normalized spacial score (nSPS) is 9.70. The maximum absolute atomic E-state index is 10.9. The molecule has 0 aliphatic carbocycles. The highest BCUT2D eigenvalue weighted by atomic mass is 16.2. The summed E-state index contributed by atoms with van der Waals surface area (Å²) in [4.78, 5) is 12.4. The third-order valence-electron chi connectivity index (χ3n) is 1.17. The van der Waals surface area contributed by atoms with Gasteiger partial charge in [0.15, 0.2) is 0 Å². The van der Waals surface area contributed by atoms with Gasteiger partial charge in [-0.15, -0.1) is 0 Å². The number of hydrogen-bond acceptors (Lipinski definition) is 2. The van der Waals surface area contributed by atoms with Gasteiger partial charge < -0.3 is 4.90 Å². The number of carbonyl (C=O) groups is 1. The van der Waals surface area contributed by atoms with Gasteiger partial charge in [0.1, 0.15) is 0 Å². The van der Waals surface area contributed by atoms with Crippen LogP contribution in [0.3, 0.4) is 0 Å². The lowest BCUT2D eigenvalue weighted by Crippen LogP contribution is -2.44. The molecule has 0 aliphatic rings. The van der Waals surface area contributed by atoms with Crippen molar-refractivity contribution in [1.29, 1.82) is 0 Å². The Morgan fingerprint density at radius 3 is 2.20 bits per heavy atom. The van der Waals surface area contributed by atoms with E-state index in [1.807, 2.05) is 14.0 Å². The maximum Gasteiger partial charge on any atom is 0.331 e. The van der Waals surface area contributed by atoms with Crippen molar-refractivity contribution in [3.05, 3.63) is 0 Å². The monoisotopic (exact) mass is 145 g/mol. The average Bonchev–Trinajstić information content (AvgIpc) is 1.87. The fraction of sp³-hybridized carbons (Fsp3) is 0.833. The van der Waals surface area contributed by atoms with Gasteiger partial charge in [0, 0.05) is 27.7 Å². The maximum atomic E-state index is 10.9. The highest BCUT2D eigenvalue weighted by Crippen LogP contribution is 1.78. The molecule has 10 heavy (non-hydrogen) atoms. The summed E-state index contributed by atoms with van der Waals surface area (Å²) >= 11 is 0. The fourth-order valence-electron chi connectivity index (χ4n) is 0.342. The number of nitrogens with zero attached hydrogens (tertiary/aromatic N) is 2. The minimum atomic E-state index is -0.0932. The summed E-state index contributed by atoms with van der Waals surface area (Å²) in [6, 6.07) is -0.0932. The van der Waals surface area contributed by atoms with Crippen molar-refractivity contribution in [2.45, 2.75) is 6.92 Å². The Labute approximate surface area is 61.8 Å². The Balaban J connectivity index is 3.57. The molecule has 4 nitrogen and oxygen atoms in total. The van der Waals surface area contributed by atoms with Gasteiger partial charge >= 0.3 is 6.03 Å². The molecule has 0 aromatic carbocycles. The fourth-order valence-corrected chi connectivity index (χ4v) is 0.342. The Hall–Kier alpha value is -0.770. The molecule has 0 atom stereocenters. The van der Waals surface area contributed by atoms with Gasteiger partial charge in [0.25, 0.3) is 0 Å². The quantitative estimate of drug-likeness (QED) is 0.560. The van der Waals surface area contributed by atoms with Crippen molar-refractivity contribution in [3.63, 3.8) is 0 Å². The number of amides is 2. The lowest BCUT2D eigenvalue weighted by molar-refractivity contribution is 0.179. The van der Waals surface area contributed by atoms with E-state index in [1.54, 1.807) is 19.1 Å². The number of nitrogens with one attached hydrogen (secondary N) is 1. The smallest absolute Gasteiger partial charge is 0.330 e. The van der Waals surface area contributed by atoms with Gasteiger partial charge in [-0.3, -0.25) is 5.43 Å². The number of hydrogen-bond donors (Lipinski definition) is 1. The molecule has 0 heterocycles. The van der Waals surface area contributed by atoms with E-state index in [0.29, 0.717) is 0 Å². The Bertz CT molecular complexity index is 114. The molecular formula is C6H15N3O. The van der Waals surface area contributed by atoms with Crippen molar-refractivity contribution >= 4 is 6.03 Å². The van der Waals surface area contributed by atoms with Crippen molar-refractivity contribution in [1.82, 2.24) is 15.3 Å². The van der Waals surface area contributed by atoms with Gasteiger partial charge in [0.05, 0.1) is 0 Å². The second-order valence-electron chi connectivity index (χ2n) is 2.33. The van der Waals surface area contributed by atoms with Gasteiger partial charge in [-0.25, -0.2) is 9.80 Å². The molecule has 2 amide bonds. The van der Waals surface area contributed by atoms with E-state index in [9.17, 15) is 4.79 Å². The molecule has 0 aromatic rings. The van der Waals surface area contributed by atoms with Crippen LogP contribution >= 0.6 is 0 Å². The number of urea groups is 1.